The summed E-state index contributed by atoms with van der Waals surface area (Å²) in [6, 6.07) is 12.9. The number of amides is 2. The number of aryl methyl sites for hydroxylation is 1. The molecular formula is C20H22N2O3. The van der Waals surface area contributed by atoms with Gasteiger partial charge in [-0.2, -0.15) is 0 Å². The van der Waals surface area contributed by atoms with Crippen LogP contribution in [-0.4, -0.2) is 35.8 Å². The predicted octanol–water partition coefficient (Wildman–Crippen LogP) is 3.02. The van der Waals surface area contributed by atoms with Crippen molar-refractivity contribution in [3.63, 3.8) is 0 Å². The van der Waals surface area contributed by atoms with Crippen molar-refractivity contribution in [2.24, 2.45) is 0 Å². The molecule has 0 saturated carbocycles. The van der Waals surface area contributed by atoms with Gasteiger partial charge in [-0.3, -0.25) is 9.59 Å². The highest BCUT2D eigenvalue weighted by Gasteiger charge is 2.24. The van der Waals surface area contributed by atoms with E-state index in [0.717, 1.165) is 25.1 Å². The Morgan fingerprint density at radius 1 is 1.20 bits per heavy atom. The molecule has 1 aliphatic heterocycles. The summed E-state index contributed by atoms with van der Waals surface area (Å²) in [7, 11) is 0. The van der Waals surface area contributed by atoms with Crippen LogP contribution in [0.3, 0.4) is 0 Å². The summed E-state index contributed by atoms with van der Waals surface area (Å²) < 4.78 is 5.40. The molecule has 1 N–H and O–H groups in total. The third-order valence-corrected chi connectivity index (χ3v) is 4.24. The molecule has 25 heavy (non-hydrogen) atoms. The lowest BCUT2D eigenvalue weighted by molar-refractivity contribution is -0.117. The van der Waals surface area contributed by atoms with Gasteiger partial charge >= 0.3 is 0 Å². The van der Waals surface area contributed by atoms with Crippen LogP contribution in [0.25, 0.3) is 6.08 Å². The van der Waals surface area contributed by atoms with E-state index in [1.54, 1.807) is 6.08 Å². The SMILES string of the molecule is Cc1ccc(/C=C/C(=O)N[C@H]2CCCN(C(=O)c3ccccc3)C2)o1. The van der Waals surface area contributed by atoms with Gasteiger partial charge in [0.1, 0.15) is 11.5 Å². The van der Waals surface area contributed by atoms with Crippen LogP contribution in [0.5, 0.6) is 0 Å². The molecule has 0 bridgehead atoms. The topological polar surface area (TPSA) is 62.6 Å². The molecule has 2 amide bonds. The summed E-state index contributed by atoms with van der Waals surface area (Å²) in [4.78, 5) is 26.4. The fourth-order valence-electron chi connectivity index (χ4n) is 2.99. The summed E-state index contributed by atoms with van der Waals surface area (Å²) in [6.45, 7) is 3.12. The molecule has 2 aromatic rings. The number of nitrogens with one attached hydrogen (secondary N) is 1. The van der Waals surface area contributed by atoms with Crippen molar-refractivity contribution in [1.29, 1.82) is 0 Å². The Morgan fingerprint density at radius 2 is 2.00 bits per heavy atom. The smallest absolute Gasteiger partial charge is 0.253 e. The quantitative estimate of drug-likeness (QED) is 0.872. The minimum Gasteiger partial charge on any atom is -0.462 e. The zero-order valence-corrected chi connectivity index (χ0v) is 14.3. The minimum absolute atomic E-state index is 0.0150. The molecular weight excluding hydrogens is 316 g/mol. The molecule has 0 aliphatic carbocycles. The van der Waals surface area contributed by atoms with Crippen molar-refractivity contribution in [2.75, 3.05) is 13.1 Å². The van der Waals surface area contributed by atoms with Gasteiger partial charge in [0.05, 0.1) is 0 Å². The number of carbonyl (C=O) groups excluding carboxylic acids is 2. The molecule has 3 rings (SSSR count). The number of rotatable bonds is 4. The van der Waals surface area contributed by atoms with Gasteiger partial charge in [-0.05, 0) is 50.1 Å². The Kier molecular flexibility index (Phi) is 5.33. The highest BCUT2D eigenvalue weighted by atomic mass is 16.3. The molecule has 5 nitrogen and oxygen atoms in total. The number of likely N-dealkylation sites (tertiary alicyclic amines) is 1. The number of hydrogen-bond donors (Lipinski definition) is 1. The lowest BCUT2D eigenvalue weighted by Gasteiger charge is -2.33. The lowest BCUT2D eigenvalue weighted by atomic mass is 10.0. The standard InChI is InChI=1S/C20H22N2O3/c1-15-9-10-18(25-15)11-12-19(23)21-17-8-5-13-22(14-17)20(24)16-6-3-2-4-7-16/h2-4,6-7,9-12,17H,5,8,13-14H2,1H3,(H,21,23)/b12-11+/t17-/m0/s1. The van der Waals surface area contributed by atoms with Crippen molar-refractivity contribution < 1.29 is 14.0 Å². The van der Waals surface area contributed by atoms with E-state index in [-0.39, 0.29) is 17.9 Å². The van der Waals surface area contributed by atoms with Crippen molar-refractivity contribution in [1.82, 2.24) is 10.2 Å². The van der Waals surface area contributed by atoms with Crippen LogP contribution in [-0.2, 0) is 4.79 Å². The minimum atomic E-state index is -0.173. The summed E-state index contributed by atoms with van der Waals surface area (Å²) >= 11 is 0. The maximum Gasteiger partial charge on any atom is 0.253 e. The first-order valence-corrected chi connectivity index (χ1v) is 8.51. The van der Waals surface area contributed by atoms with E-state index in [1.807, 2.05) is 54.3 Å². The summed E-state index contributed by atoms with van der Waals surface area (Å²) in [5, 5.41) is 2.97. The maximum atomic E-state index is 12.5. The highest BCUT2D eigenvalue weighted by Crippen LogP contribution is 2.14. The monoisotopic (exact) mass is 338 g/mol. The van der Waals surface area contributed by atoms with E-state index in [0.29, 0.717) is 17.9 Å². The molecule has 1 aliphatic rings. The van der Waals surface area contributed by atoms with E-state index in [2.05, 4.69) is 5.32 Å². The zero-order chi connectivity index (χ0) is 17.6. The van der Waals surface area contributed by atoms with Crippen LogP contribution >= 0.6 is 0 Å². The second-order valence-electron chi connectivity index (χ2n) is 6.25. The van der Waals surface area contributed by atoms with Gasteiger partial charge in [-0.1, -0.05) is 18.2 Å². The molecule has 5 heteroatoms. The first-order valence-electron chi connectivity index (χ1n) is 8.51. The van der Waals surface area contributed by atoms with E-state index in [9.17, 15) is 9.59 Å². The Morgan fingerprint density at radius 3 is 2.72 bits per heavy atom. The number of hydrogen-bond acceptors (Lipinski definition) is 3. The summed E-state index contributed by atoms with van der Waals surface area (Å²) in [5.41, 5.74) is 0.683. The highest BCUT2D eigenvalue weighted by molar-refractivity contribution is 5.94. The first kappa shape index (κ1) is 17.0. The van der Waals surface area contributed by atoms with Crippen molar-refractivity contribution in [2.45, 2.75) is 25.8 Å². The second-order valence-corrected chi connectivity index (χ2v) is 6.25. The van der Waals surface area contributed by atoms with Crippen LogP contribution in [0.1, 0.15) is 34.7 Å². The molecule has 1 atom stereocenters. The number of carbonyl (C=O) groups is 2. The van der Waals surface area contributed by atoms with Gasteiger partial charge < -0.3 is 14.6 Å². The third kappa shape index (κ3) is 4.59. The third-order valence-electron chi connectivity index (χ3n) is 4.24. The molecule has 0 unspecified atom stereocenters. The number of piperidine rings is 1. The van der Waals surface area contributed by atoms with Gasteiger partial charge in [0.2, 0.25) is 5.91 Å². The number of furan rings is 1. The Bertz CT molecular complexity index is 764. The van der Waals surface area contributed by atoms with E-state index in [1.165, 1.54) is 6.08 Å². The maximum absolute atomic E-state index is 12.5. The molecule has 1 saturated heterocycles. The summed E-state index contributed by atoms with van der Waals surface area (Å²) in [6.07, 6.45) is 4.87. The van der Waals surface area contributed by atoms with Crippen molar-refractivity contribution in [3.8, 4) is 0 Å². The fraction of sp³-hybridized carbons (Fsp3) is 0.300. The van der Waals surface area contributed by atoms with Gasteiger partial charge in [0.15, 0.2) is 0 Å². The molecule has 0 radical (unpaired) electrons. The average Bonchev–Trinajstić information content (AvgIpc) is 3.06. The van der Waals surface area contributed by atoms with Crippen LogP contribution in [0.15, 0.2) is 53.0 Å². The summed E-state index contributed by atoms with van der Waals surface area (Å²) in [5.74, 6) is 1.30. The Labute approximate surface area is 147 Å². The molecule has 130 valence electrons. The largest absolute Gasteiger partial charge is 0.462 e. The Hall–Kier alpha value is -2.82. The number of benzene rings is 1. The fourth-order valence-corrected chi connectivity index (χ4v) is 2.99. The molecule has 2 heterocycles. The van der Waals surface area contributed by atoms with E-state index in [4.69, 9.17) is 4.42 Å². The predicted molar refractivity (Wildman–Crippen MR) is 96.0 cm³/mol. The van der Waals surface area contributed by atoms with Gasteiger partial charge in [-0.15, -0.1) is 0 Å². The van der Waals surface area contributed by atoms with Gasteiger partial charge in [0.25, 0.3) is 5.91 Å². The van der Waals surface area contributed by atoms with E-state index >= 15 is 0 Å². The van der Waals surface area contributed by atoms with Crippen LogP contribution in [0.2, 0.25) is 0 Å². The normalized spacial score (nSPS) is 17.6. The second kappa shape index (κ2) is 7.83. The molecule has 1 aromatic heterocycles. The van der Waals surface area contributed by atoms with Crippen LogP contribution in [0, 0.1) is 6.92 Å². The number of nitrogens with zero attached hydrogens (tertiary/aromatic N) is 1. The first-order chi connectivity index (χ1) is 12.1. The van der Waals surface area contributed by atoms with Gasteiger partial charge in [0, 0.05) is 30.8 Å². The molecule has 0 spiro atoms. The van der Waals surface area contributed by atoms with E-state index < -0.39 is 0 Å². The van der Waals surface area contributed by atoms with Gasteiger partial charge in [-0.25, -0.2) is 0 Å². The lowest BCUT2D eigenvalue weighted by Crippen LogP contribution is -2.49. The average molecular weight is 338 g/mol. The zero-order valence-electron chi connectivity index (χ0n) is 14.3. The van der Waals surface area contributed by atoms with Crippen LogP contribution in [0.4, 0.5) is 0 Å². The van der Waals surface area contributed by atoms with Crippen molar-refractivity contribution >= 4 is 17.9 Å². The Balaban J connectivity index is 1.55. The molecule has 1 fully saturated rings. The van der Waals surface area contributed by atoms with Crippen LogP contribution < -0.4 is 5.32 Å². The molecule has 1 aromatic carbocycles. The van der Waals surface area contributed by atoms with Crippen molar-refractivity contribution in [3.05, 3.63) is 65.6 Å².